The molecule has 0 radical (unpaired) electrons. The van der Waals surface area contributed by atoms with Crippen molar-refractivity contribution in [1.82, 2.24) is 4.98 Å². The highest BCUT2D eigenvalue weighted by Gasteiger charge is 2.14. The van der Waals surface area contributed by atoms with Crippen LogP contribution in [0.4, 0.5) is 0 Å². The highest BCUT2D eigenvalue weighted by molar-refractivity contribution is 5.82. The first-order chi connectivity index (χ1) is 9.65. The third kappa shape index (κ3) is 2.30. The maximum atomic E-state index is 10.7. The quantitative estimate of drug-likeness (QED) is 0.760. The normalized spacial score (nSPS) is 12.6. The van der Waals surface area contributed by atoms with E-state index in [2.05, 4.69) is 11.1 Å². The second-order valence-electron chi connectivity index (χ2n) is 5.24. The van der Waals surface area contributed by atoms with Gasteiger partial charge in [-0.15, -0.1) is 0 Å². The molecule has 20 heavy (non-hydrogen) atoms. The Hall–Kier alpha value is -2.19. The summed E-state index contributed by atoms with van der Waals surface area (Å²) in [4.78, 5) is 4.34. The Balaban J connectivity index is 2.15. The number of hydrogen-bond donors (Lipinski definition) is 1. The van der Waals surface area contributed by atoms with Gasteiger partial charge in [0.25, 0.3) is 0 Å². The number of rotatable bonds is 2. The van der Waals surface area contributed by atoms with E-state index in [1.54, 1.807) is 6.20 Å². The molecule has 0 fully saturated rings. The van der Waals surface area contributed by atoms with Gasteiger partial charge in [-0.05, 0) is 37.1 Å². The van der Waals surface area contributed by atoms with Crippen molar-refractivity contribution in [1.29, 1.82) is 0 Å². The zero-order chi connectivity index (χ0) is 14.1. The molecule has 2 aromatic carbocycles. The molecular formula is C18H17NO. The Labute approximate surface area is 118 Å². The molecule has 1 atom stereocenters. The van der Waals surface area contributed by atoms with Crippen molar-refractivity contribution >= 4 is 10.9 Å². The molecule has 0 saturated heterocycles. The first-order valence-electron chi connectivity index (χ1n) is 6.75. The maximum absolute atomic E-state index is 10.7. The van der Waals surface area contributed by atoms with Crippen LogP contribution in [0.3, 0.4) is 0 Å². The van der Waals surface area contributed by atoms with Gasteiger partial charge in [-0.1, -0.05) is 47.5 Å². The van der Waals surface area contributed by atoms with Crippen molar-refractivity contribution in [3.63, 3.8) is 0 Å². The Kier molecular flexibility index (Phi) is 3.25. The molecule has 1 heterocycles. The predicted molar refractivity (Wildman–Crippen MR) is 81.7 cm³/mol. The van der Waals surface area contributed by atoms with Crippen molar-refractivity contribution in [2.75, 3.05) is 0 Å². The number of benzene rings is 2. The van der Waals surface area contributed by atoms with Crippen LogP contribution < -0.4 is 0 Å². The average molecular weight is 263 g/mol. The monoisotopic (exact) mass is 263 g/mol. The summed E-state index contributed by atoms with van der Waals surface area (Å²) in [5, 5.41) is 11.7. The summed E-state index contributed by atoms with van der Waals surface area (Å²) in [5.41, 5.74) is 5.07. The number of para-hydroxylation sites is 1. The molecule has 0 bridgehead atoms. The zero-order valence-electron chi connectivity index (χ0n) is 11.7. The lowest BCUT2D eigenvalue weighted by atomic mass is 9.96. The molecule has 3 aromatic rings. The van der Waals surface area contributed by atoms with Crippen LogP contribution in [-0.4, -0.2) is 10.1 Å². The molecule has 1 aromatic heterocycles. The standard InChI is InChI=1S/C18H17NO/c1-12-9-13(2)11-14(10-12)18(20)16-7-8-19-17-6-4-3-5-15(16)17/h3-11,18,20H,1-2H3. The zero-order valence-corrected chi connectivity index (χ0v) is 11.7. The van der Waals surface area contributed by atoms with Gasteiger partial charge in [-0.3, -0.25) is 4.98 Å². The summed E-state index contributed by atoms with van der Waals surface area (Å²) in [6.45, 7) is 4.10. The summed E-state index contributed by atoms with van der Waals surface area (Å²) in [5.74, 6) is 0. The fourth-order valence-electron chi connectivity index (χ4n) is 2.70. The van der Waals surface area contributed by atoms with Gasteiger partial charge < -0.3 is 5.11 Å². The van der Waals surface area contributed by atoms with Crippen LogP contribution in [0.2, 0.25) is 0 Å². The number of hydrogen-bond acceptors (Lipinski definition) is 2. The summed E-state index contributed by atoms with van der Waals surface area (Å²) >= 11 is 0. The molecule has 2 nitrogen and oxygen atoms in total. The third-order valence-corrected chi connectivity index (χ3v) is 3.54. The van der Waals surface area contributed by atoms with Crippen molar-refractivity contribution < 1.29 is 5.11 Å². The van der Waals surface area contributed by atoms with E-state index in [1.165, 1.54) is 0 Å². The fourth-order valence-corrected chi connectivity index (χ4v) is 2.70. The van der Waals surface area contributed by atoms with E-state index >= 15 is 0 Å². The lowest BCUT2D eigenvalue weighted by molar-refractivity contribution is 0.221. The number of fused-ring (bicyclic) bond motifs is 1. The maximum Gasteiger partial charge on any atom is 0.105 e. The molecule has 0 aliphatic carbocycles. The van der Waals surface area contributed by atoms with Crippen LogP contribution in [0.5, 0.6) is 0 Å². The van der Waals surface area contributed by atoms with Gasteiger partial charge in [0, 0.05) is 11.6 Å². The number of pyridine rings is 1. The largest absolute Gasteiger partial charge is 0.384 e. The second-order valence-corrected chi connectivity index (χ2v) is 5.24. The van der Waals surface area contributed by atoms with Gasteiger partial charge in [0.2, 0.25) is 0 Å². The molecule has 0 spiro atoms. The highest BCUT2D eigenvalue weighted by atomic mass is 16.3. The molecule has 3 rings (SSSR count). The van der Waals surface area contributed by atoms with E-state index in [9.17, 15) is 5.11 Å². The second kappa shape index (κ2) is 5.06. The fraction of sp³-hybridized carbons (Fsp3) is 0.167. The smallest absolute Gasteiger partial charge is 0.105 e. The molecule has 1 unspecified atom stereocenters. The summed E-state index contributed by atoms with van der Waals surface area (Å²) in [6, 6.07) is 16.0. The lowest BCUT2D eigenvalue weighted by Crippen LogP contribution is -2.02. The summed E-state index contributed by atoms with van der Waals surface area (Å²) < 4.78 is 0. The minimum atomic E-state index is -0.624. The first-order valence-corrected chi connectivity index (χ1v) is 6.75. The Morgan fingerprint density at radius 3 is 2.40 bits per heavy atom. The van der Waals surface area contributed by atoms with E-state index in [0.717, 1.165) is 33.2 Å². The molecule has 2 heteroatoms. The Bertz CT molecular complexity index is 739. The summed E-state index contributed by atoms with van der Waals surface area (Å²) in [6.07, 6.45) is 1.13. The number of aliphatic hydroxyl groups is 1. The molecule has 0 aliphatic rings. The van der Waals surface area contributed by atoms with Crippen LogP contribution in [0.1, 0.15) is 28.4 Å². The minimum Gasteiger partial charge on any atom is -0.384 e. The molecule has 0 amide bonds. The van der Waals surface area contributed by atoms with Crippen molar-refractivity contribution in [2.45, 2.75) is 20.0 Å². The summed E-state index contributed by atoms with van der Waals surface area (Å²) in [7, 11) is 0. The van der Waals surface area contributed by atoms with Gasteiger partial charge in [0.1, 0.15) is 6.10 Å². The van der Waals surface area contributed by atoms with Crippen LogP contribution >= 0.6 is 0 Å². The molecule has 0 aliphatic heterocycles. The van der Waals surface area contributed by atoms with E-state index in [-0.39, 0.29) is 0 Å². The van der Waals surface area contributed by atoms with Gasteiger partial charge in [0.15, 0.2) is 0 Å². The lowest BCUT2D eigenvalue weighted by Gasteiger charge is -2.15. The van der Waals surface area contributed by atoms with Gasteiger partial charge in [-0.25, -0.2) is 0 Å². The van der Waals surface area contributed by atoms with Crippen LogP contribution in [-0.2, 0) is 0 Å². The Morgan fingerprint density at radius 1 is 0.950 bits per heavy atom. The minimum absolute atomic E-state index is 0.624. The van der Waals surface area contributed by atoms with Gasteiger partial charge >= 0.3 is 0 Å². The van der Waals surface area contributed by atoms with E-state index < -0.39 is 6.10 Å². The Morgan fingerprint density at radius 2 is 1.65 bits per heavy atom. The number of nitrogens with zero attached hydrogens (tertiary/aromatic N) is 1. The first kappa shape index (κ1) is 12.8. The molecule has 0 saturated carbocycles. The van der Waals surface area contributed by atoms with Gasteiger partial charge in [-0.2, -0.15) is 0 Å². The van der Waals surface area contributed by atoms with Crippen LogP contribution in [0.25, 0.3) is 10.9 Å². The number of aromatic nitrogens is 1. The molecular weight excluding hydrogens is 246 g/mol. The third-order valence-electron chi connectivity index (χ3n) is 3.54. The highest BCUT2D eigenvalue weighted by Crippen LogP contribution is 2.28. The number of aliphatic hydroxyl groups excluding tert-OH is 1. The van der Waals surface area contributed by atoms with Crippen molar-refractivity contribution in [2.24, 2.45) is 0 Å². The average Bonchev–Trinajstić information content (AvgIpc) is 2.45. The number of aryl methyl sites for hydroxylation is 2. The van der Waals surface area contributed by atoms with Gasteiger partial charge in [0.05, 0.1) is 5.52 Å². The van der Waals surface area contributed by atoms with Crippen LogP contribution in [0.15, 0.2) is 54.7 Å². The van der Waals surface area contributed by atoms with E-state index in [4.69, 9.17) is 0 Å². The van der Waals surface area contributed by atoms with Crippen molar-refractivity contribution in [3.8, 4) is 0 Å². The van der Waals surface area contributed by atoms with Crippen molar-refractivity contribution in [3.05, 3.63) is 77.0 Å². The molecule has 1 N–H and O–H groups in total. The van der Waals surface area contributed by atoms with Crippen LogP contribution in [0, 0.1) is 13.8 Å². The molecule has 100 valence electrons. The SMILES string of the molecule is Cc1cc(C)cc(C(O)c2ccnc3ccccc23)c1. The van der Waals surface area contributed by atoms with E-state index in [0.29, 0.717) is 0 Å². The predicted octanol–water partition coefficient (Wildman–Crippen LogP) is 3.93. The van der Waals surface area contributed by atoms with E-state index in [1.807, 2.05) is 56.3 Å². The topological polar surface area (TPSA) is 33.1 Å².